The number of piperazine rings is 1. The van der Waals surface area contributed by atoms with Crippen LogP contribution in [0.2, 0.25) is 5.02 Å². The summed E-state index contributed by atoms with van der Waals surface area (Å²) < 4.78 is 0. The Bertz CT molecular complexity index is 578. The fraction of sp³-hybridized carbons (Fsp3) is 0.500. The zero-order chi connectivity index (χ0) is 15.5. The lowest BCUT2D eigenvalue weighted by atomic mass is 10.0. The van der Waals surface area contributed by atoms with E-state index in [1.807, 2.05) is 29.2 Å². The van der Waals surface area contributed by atoms with Crippen LogP contribution in [-0.2, 0) is 9.59 Å². The van der Waals surface area contributed by atoms with E-state index in [9.17, 15) is 9.59 Å². The molecule has 118 valence electrons. The van der Waals surface area contributed by atoms with Crippen LogP contribution in [0.5, 0.6) is 0 Å². The number of halogens is 1. The zero-order valence-electron chi connectivity index (χ0n) is 12.4. The Balaban J connectivity index is 1.74. The Morgan fingerprint density at radius 3 is 2.95 bits per heavy atom. The number of likely N-dealkylation sites (tertiary alicyclic amines) is 1. The van der Waals surface area contributed by atoms with Gasteiger partial charge in [-0.2, -0.15) is 0 Å². The second-order valence-electron chi connectivity index (χ2n) is 5.78. The third-order valence-corrected chi connectivity index (χ3v) is 4.53. The summed E-state index contributed by atoms with van der Waals surface area (Å²) in [5, 5.41) is 3.99. The molecule has 1 aromatic rings. The molecule has 0 saturated carbocycles. The molecule has 2 fully saturated rings. The Labute approximate surface area is 135 Å². The van der Waals surface area contributed by atoms with Crippen molar-refractivity contribution in [3.05, 3.63) is 34.9 Å². The van der Waals surface area contributed by atoms with E-state index >= 15 is 0 Å². The van der Waals surface area contributed by atoms with Gasteiger partial charge in [-0.1, -0.05) is 23.7 Å². The van der Waals surface area contributed by atoms with Gasteiger partial charge in [-0.15, -0.1) is 0 Å². The SMILES string of the molecule is O=C1CCCN1CC(=O)N1CCNCC1c1cccc(Cl)c1. The summed E-state index contributed by atoms with van der Waals surface area (Å²) in [5.74, 6) is 0.101. The molecule has 1 atom stereocenters. The highest BCUT2D eigenvalue weighted by Gasteiger charge is 2.31. The van der Waals surface area contributed by atoms with Crippen molar-refractivity contribution in [1.82, 2.24) is 15.1 Å². The average molecular weight is 322 g/mol. The molecule has 22 heavy (non-hydrogen) atoms. The summed E-state index contributed by atoms with van der Waals surface area (Å²) in [6.45, 7) is 3.02. The minimum Gasteiger partial charge on any atom is -0.333 e. The minimum absolute atomic E-state index is 0.0155. The maximum atomic E-state index is 12.6. The largest absolute Gasteiger partial charge is 0.333 e. The molecule has 0 aliphatic carbocycles. The van der Waals surface area contributed by atoms with Crippen molar-refractivity contribution in [1.29, 1.82) is 0 Å². The van der Waals surface area contributed by atoms with E-state index < -0.39 is 0 Å². The maximum Gasteiger partial charge on any atom is 0.242 e. The first kappa shape index (κ1) is 15.3. The van der Waals surface area contributed by atoms with Crippen molar-refractivity contribution in [2.24, 2.45) is 0 Å². The lowest BCUT2D eigenvalue weighted by molar-refractivity contribution is -0.140. The van der Waals surface area contributed by atoms with Gasteiger partial charge in [-0.25, -0.2) is 0 Å². The van der Waals surface area contributed by atoms with Crippen LogP contribution in [0.1, 0.15) is 24.4 Å². The molecule has 0 radical (unpaired) electrons. The van der Waals surface area contributed by atoms with E-state index in [4.69, 9.17) is 11.6 Å². The number of nitrogens with zero attached hydrogens (tertiary/aromatic N) is 2. The van der Waals surface area contributed by atoms with Gasteiger partial charge < -0.3 is 15.1 Å². The summed E-state index contributed by atoms with van der Waals surface area (Å²) in [4.78, 5) is 27.9. The Morgan fingerprint density at radius 1 is 1.36 bits per heavy atom. The molecule has 0 aromatic heterocycles. The van der Waals surface area contributed by atoms with Gasteiger partial charge in [-0.05, 0) is 24.1 Å². The van der Waals surface area contributed by atoms with Crippen molar-refractivity contribution in [2.45, 2.75) is 18.9 Å². The van der Waals surface area contributed by atoms with E-state index in [1.54, 1.807) is 4.90 Å². The fourth-order valence-electron chi connectivity index (χ4n) is 3.14. The Hall–Kier alpha value is -1.59. The first-order chi connectivity index (χ1) is 10.6. The summed E-state index contributed by atoms with van der Waals surface area (Å²) >= 11 is 6.07. The number of carbonyl (C=O) groups excluding carboxylic acids is 2. The topological polar surface area (TPSA) is 52.7 Å². The first-order valence-electron chi connectivity index (χ1n) is 7.68. The molecule has 3 rings (SSSR count). The van der Waals surface area contributed by atoms with Crippen molar-refractivity contribution < 1.29 is 9.59 Å². The Kier molecular flexibility index (Phi) is 4.64. The molecule has 2 aliphatic heterocycles. The van der Waals surface area contributed by atoms with Gasteiger partial charge in [0.1, 0.15) is 0 Å². The highest BCUT2D eigenvalue weighted by molar-refractivity contribution is 6.30. The van der Waals surface area contributed by atoms with Crippen LogP contribution in [-0.4, -0.2) is 54.3 Å². The van der Waals surface area contributed by atoms with Gasteiger partial charge in [0, 0.05) is 37.6 Å². The summed E-state index contributed by atoms with van der Waals surface area (Å²) in [6, 6.07) is 7.60. The minimum atomic E-state index is -0.0299. The van der Waals surface area contributed by atoms with E-state index in [0.29, 0.717) is 31.1 Å². The molecule has 5 nitrogen and oxygen atoms in total. The molecule has 6 heteroatoms. The van der Waals surface area contributed by atoms with Gasteiger partial charge in [0.05, 0.1) is 12.6 Å². The summed E-state index contributed by atoms with van der Waals surface area (Å²) in [7, 11) is 0. The molecule has 1 aromatic carbocycles. The summed E-state index contributed by atoms with van der Waals surface area (Å²) in [5.41, 5.74) is 1.03. The van der Waals surface area contributed by atoms with Crippen LogP contribution in [0.25, 0.3) is 0 Å². The molecule has 2 saturated heterocycles. The van der Waals surface area contributed by atoms with E-state index in [0.717, 1.165) is 18.5 Å². The molecule has 1 N–H and O–H groups in total. The molecule has 0 spiro atoms. The fourth-order valence-corrected chi connectivity index (χ4v) is 3.34. The van der Waals surface area contributed by atoms with Crippen LogP contribution in [0.15, 0.2) is 24.3 Å². The molecular formula is C16H20ClN3O2. The lowest BCUT2D eigenvalue weighted by Gasteiger charge is -2.37. The van der Waals surface area contributed by atoms with Crippen LogP contribution in [0.3, 0.4) is 0 Å². The number of rotatable bonds is 3. The predicted molar refractivity (Wildman–Crippen MR) is 84.6 cm³/mol. The van der Waals surface area contributed by atoms with E-state index in [2.05, 4.69) is 5.32 Å². The van der Waals surface area contributed by atoms with Crippen molar-refractivity contribution >= 4 is 23.4 Å². The number of nitrogens with one attached hydrogen (secondary N) is 1. The second-order valence-corrected chi connectivity index (χ2v) is 6.22. The lowest BCUT2D eigenvalue weighted by Crippen LogP contribution is -2.51. The van der Waals surface area contributed by atoms with Crippen molar-refractivity contribution in [2.75, 3.05) is 32.7 Å². The summed E-state index contributed by atoms with van der Waals surface area (Å²) in [6.07, 6.45) is 1.41. The van der Waals surface area contributed by atoms with E-state index in [1.165, 1.54) is 0 Å². The van der Waals surface area contributed by atoms with Gasteiger partial charge >= 0.3 is 0 Å². The van der Waals surface area contributed by atoms with Gasteiger partial charge in [-0.3, -0.25) is 9.59 Å². The number of hydrogen-bond acceptors (Lipinski definition) is 3. The standard InChI is InChI=1S/C16H20ClN3O2/c17-13-4-1-3-12(9-13)14-10-18-6-8-20(14)16(22)11-19-7-2-5-15(19)21/h1,3-4,9,14,18H,2,5-8,10-11H2. The van der Waals surface area contributed by atoms with Crippen LogP contribution < -0.4 is 5.32 Å². The number of amides is 2. The molecule has 0 bridgehead atoms. The number of carbonyl (C=O) groups is 2. The first-order valence-corrected chi connectivity index (χ1v) is 8.06. The third kappa shape index (κ3) is 3.25. The molecule has 2 aliphatic rings. The second kappa shape index (κ2) is 6.67. The van der Waals surface area contributed by atoms with Crippen molar-refractivity contribution in [3.8, 4) is 0 Å². The van der Waals surface area contributed by atoms with Gasteiger partial charge in [0.2, 0.25) is 11.8 Å². The highest BCUT2D eigenvalue weighted by atomic mass is 35.5. The van der Waals surface area contributed by atoms with Crippen LogP contribution >= 0.6 is 11.6 Å². The average Bonchev–Trinajstić information content (AvgIpc) is 2.92. The normalized spacial score (nSPS) is 22.2. The van der Waals surface area contributed by atoms with E-state index in [-0.39, 0.29) is 24.4 Å². The third-order valence-electron chi connectivity index (χ3n) is 4.29. The predicted octanol–water partition coefficient (Wildman–Crippen LogP) is 1.44. The highest BCUT2D eigenvalue weighted by Crippen LogP contribution is 2.25. The van der Waals surface area contributed by atoms with Gasteiger partial charge in [0.25, 0.3) is 0 Å². The zero-order valence-corrected chi connectivity index (χ0v) is 13.2. The molecule has 2 amide bonds. The number of benzene rings is 1. The monoisotopic (exact) mass is 321 g/mol. The van der Waals surface area contributed by atoms with Crippen molar-refractivity contribution in [3.63, 3.8) is 0 Å². The molecule has 2 heterocycles. The number of hydrogen-bond donors (Lipinski definition) is 1. The smallest absolute Gasteiger partial charge is 0.242 e. The Morgan fingerprint density at radius 2 is 2.23 bits per heavy atom. The maximum absolute atomic E-state index is 12.6. The quantitative estimate of drug-likeness (QED) is 0.916. The molecule has 1 unspecified atom stereocenters. The van der Waals surface area contributed by atoms with Crippen LogP contribution in [0, 0.1) is 0 Å². The van der Waals surface area contributed by atoms with Crippen LogP contribution in [0.4, 0.5) is 0 Å². The molecular weight excluding hydrogens is 302 g/mol. The van der Waals surface area contributed by atoms with Gasteiger partial charge in [0.15, 0.2) is 0 Å².